The van der Waals surface area contributed by atoms with Crippen LogP contribution >= 0.6 is 0 Å². The summed E-state index contributed by atoms with van der Waals surface area (Å²) < 4.78 is 58.8. The van der Waals surface area contributed by atoms with Crippen molar-refractivity contribution in [3.05, 3.63) is 59.7 Å². The zero-order valence-electron chi connectivity index (χ0n) is 41.8. The Morgan fingerprint density at radius 1 is 0.618 bits per heavy atom. The average Bonchev–Trinajstić information content (AvgIpc) is 4.12. The summed E-state index contributed by atoms with van der Waals surface area (Å²) in [7, 11) is 6.03. The molecule has 2 heterocycles. The van der Waals surface area contributed by atoms with Gasteiger partial charge in [0.25, 0.3) is 11.8 Å². The number of likely N-dealkylation sites (N-methyl/N-ethyl adjacent to an activating group) is 3. The fourth-order valence-electron chi connectivity index (χ4n) is 8.57. The molecule has 0 bridgehead atoms. The summed E-state index contributed by atoms with van der Waals surface area (Å²) in [5.41, 5.74) is 0.0581. The van der Waals surface area contributed by atoms with Gasteiger partial charge in [-0.2, -0.15) is 0 Å². The SMILES string of the molecule is C[C@@H](Cc1ccc(N2CCOCC2)cc1)OC(=O)C(CC(C)(C)F)N(C)C(=O)[C@@H](C)OC(=O)C(CC1CC1)N(C)C(=O)[C@@H](Cc1ccc(N2CCOCC2)cc1)OC(=O)C(CC(C)(C)F)N(C)C. The lowest BCUT2D eigenvalue weighted by Gasteiger charge is -2.34. The van der Waals surface area contributed by atoms with E-state index >= 15 is 4.39 Å². The van der Waals surface area contributed by atoms with Crippen LogP contribution in [0.3, 0.4) is 0 Å². The van der Waals surface area contributed by atoms with Crippen LogP contribution in [0.2, 0.25) is 0 Å². The van der Waals surface area contributed by atoms with E-state index in [-0.39, 0.29) is 31.6 Å². The molecule has 0 radical (unpaired) electrons. The van der Waals surface area contributed by atoms with Crippen LogP contribution in [0.5, 0.6) is 0 Å². The van der Waals surface area contributed by atoms with E-state index in [1.54, 1.807) is 25.9 Å². The Morgan fingerprint density at radius 2 is 1.04 bits per heavy atom. The minimum atomic E-state index is -1.88. The number of anilines is 2. The third-order valence-electron chi connectivity index (χ3n) is 12.7. The van der Waals surface area contributed by atoms with Crippen molar-refractivity contribution in [2.45, 2.75) is 134 Å². The van der Waals surface area contributed by atoms with Crippen LogP contribution in [0.15, 0.2) is 48.5 Å². The molecule has 1 aliphatic carbocycles. The number of nitrogens with zero attached hydrogens (tertiary/aromatic N) is 5. The first-order valence-corrected chi connectivity index (χ1v) is 24.0. The first-order valence-electron chi connectivity index (χ1n) is 24.0. The summed E-state index contributed by atoms with van der Waals surface area (Å²) in [4.78, 5) is 78.6. The van der Waals surface area contributed by atoms with Crippen LogP contribution in [0.1, 0.15) is 84.8 Å². The molecule has 17 heteroatoms. The minimum Gasteiger partial charge on any atom is -0.461 e. The van der Waals surface area contributed by atoms with E-state index in [1.807, 2.05) is 48.5 Å². The van der Waals surface area contributed by atoms with Gasteiger partial charge in [0.15, 0.2) is 12.2 Å². The number of carbonyl (C=O) groups is 5. The van der Waals surface area contributed by atoms with Crippen LogP contribution in [0.25, 0.3) is 0 Å². The molecule has 3 aliphatic rings. The van der Waals surface area contributed by atoms with Crippen molar-refractivity contribution >= 4 is 41.1 Å². The van der Waals surface area contributed by atoms with Crippen LogP contribution in [0.4, 0.5) is 20.2 Å². The number of alkyl halides is 2. The largest absolute Gasteiger partial charge is 0.461 e. The molecule has 3 fully saturated rings. The Labute approximate surface area is 401 Å². The number of halogens is 2. The second kappa shape index (κ2) is 24.1. The highest BCUT2D eigenvalue weighted by Crippen LogP contribution is 2.35. The lowest BCUT2D eigenvalue weighted by molar-refractivity contribution is -0.172. The topological polar surface area (TPSA) is 148 Å². The normalized spacial score (nSPS) is 18.4. The van der Waals surface area contributed by atoms with Gasteiger partial charge >= 0.3 is 17.9 Å². The predicted molar refractivity (Wildman–Crippen MR) is 255 cm³/mol. The van der Waals surface area contributed by atoms with Crippen LogP contribution < -0.4 is 9.80 Å². The molecule has 1 saturated carbocycles. The van der Waals surface area contributed by atoms with Gasteiger partial charge in [0.2, 0.25) is 0 Å². The number of esters is 3. The third-order valence-corrected chi connectivity index (χ3v) is 12.7. The van der Waals surface area contributed by atoms with Gasteiger partial charge in [-0.3, -0.25) is 19.3 Å². The molecular formula is C51H75F2N5O10. The zero-order valence-corrected chi connectivity index (χ0v) is 41.8. The zero-order chi connectivity index (χ0) is 49.9. The van der Waals surface area contributed by atoms with E-state index in [9.17, 15) is 28.4 Å². The van der Waals surface area contributed by atoms with Crippen molar-refractivity contribution in [3.63, 3.8) is 0 Å². The van der Waals surface area contributed by atoms with Crippen molar-refractivity contribution in [1.29, 1.82) is 0 Å². The first-order chi connectivity index (χ1) is 32.0. The van der Waals surface area contributed by atoms with Crippen molar-refractivity contribution < 1.29 is 56.4 Å². The minimum absolute atomic E-state index is 0.0371. The smallest absolute Gasteiger partial charge is 0.329 e. The standard InChI is InChI=1S/C51H75F2N5O10/c1-34(29-36-13-17-39(18-14-36)57-21-25-64-26-22-57)66-49(63)43(33-51(5,6)53)56(10)45(59)35(2)67-47(61)41(30-37-11-12-37)55(9)46(60)44(68-48(62)42(54(7)8)32-50(3,4)52)31-38-15-19-40(20-16-38)58-23-27-65-28-24-58/h13-20,34-35,37,41-44H,11-12,21-33H2,1-10H3/t34-,35+,41?,42?,43?,44+/m0/s1. The van der Waals surface area contributed by atoms with E-state index in [1.165, 1.54) is 53.6 Å². The molecule has 2 aliphatic heterocycles. The van der Waals surface area contributed by atoms with Gasteiger partial charge in [0.05, 0.1) is 26.4 Å². The summed E-state index contributed by atoms with van der Waals surface area (Å²) in [6, 6.07) is 12.0. The Kier molecular flexibility index (Phi) is 19.2. The van der Waals surface area contributed by atoms with Crippen LogP contribution in [0, 0.1) is 5.92 Å². The Balaban J connectivity index is 1.29. The molecule has 6 atom stereocenters. The Bertz CT molecular complexity index is 1980. The molecule has 0 aromatic heterocycles. The highest BCUT2D eigenvalue weighted by atomic mass is 19.1. The number of rotatable bonds is 23. The van der Waals surface area contributed by atoms with Gasteiger partial charge in [-0.15, -0.1) is 0 Å². The second-order valence-corrected chi connectivity index (χ2v) is 20.1. The van der Waals surface area contributed by atoms with E-state index < -0.39 is 77.5 Å². The van der Waals surface area contributed by atoms with Gasteiger partial charge in [-0.1, -0.05) is 37.1 Å². The van der Waals surface area contributed by atoms with Crippen molar-refractivity contribution in [1.82, 2.24) is 14.7 Å². The number of benzene rings is 2. The number of morpholine rings is 2. The van der Waals surface area contributed by atoms with E-state index in [0.717, 1.165) is 60.9 Å². The lowest BCUT2D eigenvalue weighted by atomic mass is 9.99. The van der Waals surface area contributed by atoms with Gasteiger partial charge in [0, 0.05) is 77.3 Å². The maximum Gasteiger partial charge on any atom is 0.329 e. The Hall–Kier alpha value is -4.87. The molecule has 0 N–H and O–H groups in total. The molecule has 5 rings (SSSR count). The van der Waals surface area contributed by atoms with Crippen LogP contribution in [-0.4, -0.2) is 173 Å². The van der Waals surface area contributed by atoms with Crippen molar-refractivity contribution in [3.8, 4) is 0 Å². The number of carbonyl (C=O) groups excluding carboxylic acids is 5. The highest BCUT2D eigenvalue weighted by molar-refractivity contribution is 5.91. The molecule has 2 aromatic rings. The van der Waals surface area contributed by atoms with E-state index in [4.69, 9.17) is 23.7 Å². The third kappa shape index (κ3) is 16.4. The summed E-state index contributed by atoms with van der Waals surface area (Å²) in [5, 5.41) is 0. The quantitative estimate of drug-likeness (QED) is 0.101. The molecule has 15 nitrogen and oxygen atoms in total. The number of amides is 2. The van der Waals surface area contributed by atoms with Gasteiger partial charge in [-0.25, -0.2) is 18.4 Å². The molecule has 378 valence electrons. The molecular weight excluding hydrogens is 881 g/mol. The molecule has 2 saturated heterocycles. The maximum absolute atomic E-state index is 15.3. The average molecular weight is 956 g/mol. The first kappa shape index (κ1) is 54.1. The van der Waals surface area contributed by atoms with Crippen LogP contribution in [-0.2, 0) is 60.5 Å². The summed E-state index contributed by atoms with van der Waals surface area (Å²) in [6.45, 7) is 14.0. The summed E-state index contributed by atoms with van der Waals surface area (Å²) in [5.74, 6) is -3.81. The van der Waals surface area contributed by atoms with Crippen molar-refractivity contribution in [2.75, 3.05) is 90.6 Å². The summed E-state index contributed by atoms with van der Waals surface area (Å²) >= 11 is 0. The van der Waals surface area contributed by atoms with Gasteiger partial charge < -0.3 is 43.3 Å². The van der Waals surface area contributed by atoms with Gasteiger partial charge in [-0.05, 0) is 103 Å². The molecule has 3 unspecified atom stereocenters. The molecule has 2 amide bonds. The predicted octanol–water partition coefficient (Wildman–Crippen LogP) is 5.58. The van der Waals surface area contributed by atoms with E-state index in [2.05, 4.69) is 9.80 Å². The Morgan fingerprint density at radius 3 is 1.50 bits per heavy atom. The fraction of sp³-hybridized carbons (Fsp3) is 0.667. The van der Waals surface area contributed by atoms with E-state index in [0.29, 0.717) is 38.4 Å². The number of ether oxygens (including phenoxy) is 5. The van der Waals surface area contributed by atoms with Gasteiger partial charge in [0.1, 0.15) is 35.6 Å². The molecule has 0 spiro atoms. The summed E-state index contributed by atoms with van der Waals surface area (Å²) in [6.07, 6.45) is -1.82. The highest BCUT2D eigenvalue weighted by Gasteiger charge is 2.42. The number of hydrogen-bond acceptors (Lipinski definition) is 13. The number of hydrogen-bond donors (Lipinski definition) is 0. The molecule has 68 heavy (non-hydrogen) atoms. The molecule has 2 aromatic carbocycles. The lowest BCUT2D eigenvalue weighted by Crippen LogP contribution is -2.53. The maximum atomic E-state index is 15.3. The second-order valence-electron chi connectivity index (χ2n) is 20.1. The monoisotopic (exact) mass is 956 g/mol. The van der Waals surface area contributed by atoms with Crippen molar-refractivity contribution in [2.24, 2.45) is 5.92 Å². The fourth-order valence-corrected chi connectivity index (χ4v) is 8.57.